The lowest BCUT2D eigenvalue weighted by Crippen LogP contribution is -2.50. The summed E-state index contributed by atoms with van der Waals surface area (Å²) in [6.07, 6.45) is 0.792. The fraction of sp³-hybridized carbons (Fsp3) is 0.391. The zero-order chi connectivity index (χ0) is 21.4. The van der Waals surface area contributed by atoms with Crippen LogP contribution in [0.15, 0.2) is 48.5 Å². The number of carbonyl (C=O) groups excluding carboxylic acids is 2. The zero-order valence-electron chi connectivity index (χ0n) is 17.4. The van der Waals surface area contributed by atoms with Gasteiger partial charge in [0.25, 0.3) is 5.91 Å². The molecule has 2 rings (SSSR count). The summed E-state index contributed by atoms with van der Waals surface area (Å²) in [4.78, 5) is 27.0. The van der Waals surface area contributed by atoms with E-state index >= 15 is 0 Å². The summed E-state index contributed by atoms with van der Waals surface area (Å²) in [7, 11) is 0. The van der Waals surface area contributed by atoms with E-state index in [1.54, 1.807) is 25.1 Å². The van der Waals surface area contributed by atoms with E-state index in [1.807, 2.05) is 39.0 Å². The van der Waals surface area contributed by atoms with Crippen molar-refractivity contribution in [3.8, 4) is 5.75 Å². The molecule has 0 saturated carbocycles. The van der Waals surface area contributed by atoms with Crippen LogP contribution in [-0.2, 0) is 16.1 Å². The number of nitrogens with one attached hydrogen (secondary N) is 1. The number of hydrogen-bond acceptors (Lipinski definition) is 3. The summed E-state index contributed by atoms with van der Waals surface area (Å²) in [5, 5.41) is 2.91. The number of nitrogens with zero attached hydrogens (tertiary/aromatic N) is 1. The smallest absolute Gasteiger partial charge is 0.261 e. The van der Waals surface area contributed by atoms with Gasteiger partial charge in [0.05, 0.1) is 0 Å². The van der Waals surface area contributed by atoms with Crippen LogP contribution in [0.3, 0.4) is 0 Å². The molecule has 1 N–H and O–H groups in total. The molecule has 0 unspecified atom stereocenters. The minimum absolute atomic E-state index is 0.0104. The van der Waals surface area contributed by atoms with Gasteiger partial charge in [-0.25, -0.2) is 4.39 Å². The summed E-state index contributed by atoms with van der Waals surface area (Å²) in [5.41, 5.74) is 1.76. The molecule has 2 aromatic carbocycles. The predicted molar refractivity (Wildman–Crippen MR) is 111 cm³/mol. The van der Waals surface area contributed by atoms with Crippen molar-refractivity contribution >= 4 is 11.8 Å². The SMILES string of the molecule is CC[C@@H](C)NC(=O)[C@@H](C)N(Cc1ccc(F)cc1)C(=O)COc1cccc(C)c1. The maximum absolute atomic E-state index is 13.2. The lowest BCUT2D eigenvalue weighted by molar-refractivity contribution is -0.142. The van der Waals surface area contributed by atoms with Crippen molar-refractivity contribution in [1.29, 1.82) is 0 Å². The molecule has 6 heteroatoms. The monoisotopic (exact) mass is 400 g/mol. The van der Waals surface area contributed by atoms with Gasteiger partial charge in [-0.3, -0.25) is 9.59 Å². The number of halogens is 1. The number of amides is 2. The van der Waals surface area contributed by atoms with Gasteiger partial charge in [-0.2, -0.15) is 0 Å². The maximum atomic E-state index is 13.2. The van der Waals surface area contributed by atoms with E-state index in [0.717, 1.165) is 17.5 Å². The quantitative estimate of drug-likeness (QED) is 0.696. The first-order chi connectivity index (χ1) is 13.8. The van der Waals surface area contributed by atoms with E-state index in [1.165, 1.54) is 17.0 Å². The van der Waals surface area contributed by atoms with Gasteiger partial charge in [0.1, 0.15) is 17.6 Å². The summed E-state index contributed by atoms with van der Waals surface area (Å²) in [5.74, 6) is -0.304. The van der Waals surface area contributed by atoms with Crippen LogP contribution < -0.4 is 10.1 Å². The van der Waals surface area contributed by atoms with Crippen LogP contribution >= 0.6 is 0 Å². The normalized spacial score (nSPS) is 12.7. The minimum atomic E-state index is -0.692. The Labute approximate surface area is 171 Å². The van der Waals surface area contributed by atoms with Crippen LogP contribution in [0.1, 0.15) is 38.3 Å². The highest BCUT2D eigenvalue weighted by Crippen LogP contribution is 2.15. The van der Waals surface area contributed by atoms with E-state index in [9.17, 15) is 14.0 Å². The third kappa shape index (κ3) is 6.89. The standard InChI is InChI=1S/C23H29FN2O3/c1-5-17(3)25-23(28)18(4)26(14-19-9-11-20(24)12-10-19)22(27)15-29-21-8-6-7-16(2)13-21/h6-13,17-18H,5,14-15H2,1-4H3,(H,25,28)/t17-,18-/m1/s1. The molecular formula is C23H29FN2O3. The van der Waals surface area contributed by atoms with Gasteiger partial charge in [-0.15, -0.1) is 0 Å². The van der Waals surface area contributed by atoms with Gasteiger partial charge in [0.2, 0.25) is 5.91 Å². The Morgan fingerprint density at radius 2 is 1.83 bits per heavy atom. The Morgan fingerprint density at radius 1 is 1.14 bits per heavy atom. The molecule has 0 saturated heterocycles. The van der Waals surface area contributed by atoms with E-state index in [2.05, 4.69) is 5.32 Å². The molecule has 0 spiro atoms. The average Bonchev–Trinajstić information content (AvgIpc) is 2.71. The van der Waals surface area contributed by atoms with Crippen LogP contribution in [0, 0.1) is 12.7 Å². The number of ether oxygens (including phenoxy) is 1. The van der Waals surface area contributed by atoms with Crippen molar-refractivity contribution in [3.05, 3.63) is 65.5 Å². The van der Waals surface area contributed by atoms with E-state index in [-0.39, 0.29) is 36.8 Å². The summed E-state index contributed by atoms with van der Waals surface area (Å²) in [6, 6.07) is 12.6. The summed E-state index contributed by atoms with van der Waals surface area (Å²) in [6.45, 7) is 7.52. The zero-order valence-corrected chi connectivity index (χ0v) is 17.4. The second-order valence-corrected chi connectivity index (χ2v) is 7.25. The first kappa shape index (κ1) is 22.4. The lowest BCUT2D eigenvalue weighted by Gasteiger charge is -2.29. The van der Waals surface area contributed by atoms with E-state index in [4.69, 9.17) is 4.74 Å². The Bertz CT molecular complexity index is 823. The Balaban J connectivity index is 2.14. The molecule has 0 radical (unpaired) electrons. The van der Waals surface area contributed by atoms with Gasteiger partial charge in [0, 0.05) is 12.6 Å². The van der Waals surface area contributed by atoms with E-state index < -0.39 is 6.04 Å². The summed E-state index contributed by atoms with van der Waals surface area (Å²) < 4.78 is 18.9. The second-order valence-electron chi connectivity index (χ2n) is 7.25. The predicted octanol–water partition coefficient (Wildman–Crippen LogP) is 3.84. The molecule has 0 aliphatic heterocycles. The highest BCUT2D eigenvalue weighted by molar-refractivity contribution is 5.88. The van der Waals surface area contributed by atoms with Gasteiger partial charge in [-0.05, 0) is 62.6 Å². The van der Waals surface area contributed by atoms with Crippen molar-refractivity contribution in [2.24, 2.45) is 0 Å². The molecular weight excluding hydrogens is 371 g/mol. The lowest BCUT2D eigenvalue weighted by atomic mass is 10.1. The Hall–Kier alpha value is -2.89. The van der Waals surface area contributed by atoms with Crippen LogP contribution in [-0.4, -0.2) is 35.4 Å². The molecule has 0 aromatic heterocycles. The number of carbonyl (C=O) groups is 2. The number of aryl methyl sites for hydroxylation is 1. The van der Waals surface area contributed by atoms with Gasteiger partial charge in [-0.1, -0.05) is 31.2 Å². The Morgan fingerprint density at radius 3 is 2.45 bits per heavy atom. The maximum Gasteiger partial charge on any atom is 0.261 e. The average molecular weight is 400 g/mol. The highest BCUT2D eigenvalue weighted by Gasteiger charge is 2.27. The molecule has 0 aliphatic rings. The fourth-order valence-electron chi connectivity index (χ4n) is 2.77. The number of benzene rings is 2. The van der Waals surface area contributed by atoms with E-state index in [0.29, 0.717) is 5.75 Å². The van der Waals surface area contributed by atoms with Crippen molar-refractivity contribution in [1.82, 2.24) is 10.2 Å². The van der Waals surface area contributed by atoms with Gasteiger partial charge in [0.15, 0.2) is 6.61 Å². The molecule has 0 heterocycles. The fourth-order valence-corrected chi connectivity index (χ4v) is 2.77. The van der Waals surface area contributed by atoms with Crippen LogP contribution in [0.25, 0.3) is 0 Å². The first-order valence-electron chi connectivity index (χ1n) is 9.84. The molecule has 2 aromatic rings. The molecule has 0 bridgehead atoms. The van der Waals surface area contributed by atoms with Crippen molar-refractivity contribution in [3.63, 3.8) is 0 Å². The largest absolute Gasteiger partial charge is 0.484 e. The topological polar surface area (TPSA) is 58.6 Å². The molecule has 156 valence electrons. The minimum Gasteiger partial charge on any atom is -0.484 e. The third-order valence-corrected chi connectivity index (χ3v) is 4.79. The molecule has 2 atom stereocenters. The summed E-state index contributed by atoms with van der Waals surface area (Å²) >= 11 is 0. The molecule has 0 aliphatic carbocycles. The van der Waals surface area contributed by atoms with Crippen molar-refractivity contribution in [2.45, 2.75) is 52.7 Å². The Kier molecular flexibility index (Phi) is 8.19. The molecule has 5 nitrogen and oxygen atoms in total. The molecule has 0 fully saturated rings. The van der Waals surface area contributed by atoms with Gasteiger partial charge >= 0.3 is 0 Å². The van der Waals surface area contributed by atoms with Crippen LogP contribution in [0.2, 0.25) is 0 Å². The first-order valence-corrected chi connectivity index (χ1v) is 9.84. The van der Waals surface area contributed by atoms with Crippen LogP contribution in [0.5, 0.6) is 5.75 Å². The second kappa shape index (κ2) is 10.6. The van der Waals surface area contributed by atoms with Crippen LogP contribution in [0.4, 0.5) is 4.39 Å². The van der Waals surface area contributed by atoms with Crippen molar-refractivity contribution in [2.75, 3.05) is 6.61 Å². The number of hydrogen-bond donors (Lipinski definition) is 1. The third-order valence-electron chi connectivity index (χ3n) is 4.79. The van der Waals surface area contributed by atoms with Crippen molar-refractivity contribution < 1.29 is 18.7 Å². The molecule has 29 heavy (non-hydrogen) atoms. The molecule has 2 amide bonds. The number of rotatable bonds is 9. The van der Waals surface area contributed by atoms with Gasteiger partial charge < -0.3 is 15.0 Å². The highest BCUT2D eigenvalue weighted by atomic mass is 19.1.